The van der Waals surface area contributed by atoms with E-state index < -0.39 is 20.8 Å². The summed E-state index contributed by atoms with van der Waals surface area (Å²) in [5.74, 6) is -0.545. The van der Waals surface area contributed by atoms with Gasteiger partial charge in [0.1, 0.15) is 5.71 Å². The third-order valence-electron chi connectivity index (χ3n) is 6.05. The van der Waals surface area contributed by atoms with E-state index in [1.54, 1.807) is 17.0 Å². The topological polar surface area (TPSA) is 134 Å². The Morgan fingerprint density at radius 2 is 1.94 bits per heavy atom. The zero-order valence-electron chi connectivity index (χ0n) is 17.6. The van der Waals surface area contributed by atoms with Crippen LogP contribution in [0.1, 0.15) is 24.8 Å². The highest BCUT2D eigenvalue weighted by Crippen LogP contribution is 2.23. The van der Waals surface area contributed by atoms with Gasteiger partial charge in [-0.1, -0.05) is 12.1 Å². The summed E-state index contributed by atoms with van der Waals surface area (Å²) in [6.45, 7) is 2.76. The first kappa shape index (κ1) is 22.3. The molecule has 172 valence electrons. The molecule has 1 unspecified atom stereocenters. The zero-order chi connectivity index (χ0) is 22.9. The van der Waals surface area contributed by atoms with Crippen LogP contribution in [0.4, 0.5) is 5.69 Å². The van der Waals surface area contributed by atoms with Crippen LogP contribution in [0.3, 0.4) is 0 Å². The van der Waals surface area contributed by atoms with Crippen molar-refractivity contribution in [1.82, 2.24) is 14.8 Å². The maximum Gasteiger partial charge on any atom is 0.270 e. The van der Waals surface area contributed by atoms with Gasteiger partial charge in [-0.15, -0.1) is 0 Å². The summed E-state index contributed by atoms with van der Waals surface area (Å²) in [6, 6.07) is 6.03. The molecule has 1 aromatic rings. The number of rotatable bonds is 5. The summed E-state index contributed by atoms with van der Waals surface area (Å²) in [5, 5.41) is 16.4. The Balaban J connectivity index is 1.36. The SMILES string of the molecule is O=C(C1=NN(C2CCS(=O)(=O)C2)C(=O)CC1)N1CCN(Cc2cccc([N+](=O)[O-])c2)CC1. The second-order valence-electron chi connectivity index (χ2n) is 8.34. The van der Waals surface area contributed by atoms with Crippen LogP contribution < -0.4 is 0 Å². The minimum Gasteiger partial charge on any atom is -0.335 e. The number of benzene rings is 1. The lowest BCUT2D eigenvalue weighted by atomic mass is 10.1. The monoisotopic (exact) mass is 463 g/mol. The van der Waals surface area contributed by atoms with Crippen molar-refractivity contribution < 1.29 is 22.9 Å². The van der Waals surface area contributed by atoms with Crippen LogP contribution in [0, 0.1) is 10.1 Å². The van der Waals surface area contributed by atoms with Crippen LogP contribution in [0.2, 0.25) is 0 Å². The van der Waals surface area contributed by atoms with Crippen LogP contribution in [-0.2, 0) is 26.0 Å². The van der Waals surface area contributed by atoms with E-state index >= 15 is 0 Å². The number of hydrazone groups is 1. The third kappa shape index (κ3) is 4.96. The fraction of sp³-hybridized carbons (Fsp3) is 0.550. The summed E-state index contributed by atoms with van der Waals surface area (Å²) in [4.78, 5) is 39.6. The number of hydrogen-bond acceptors (Lipinski definition) is 8. The molecule has 12 heteroatoms. The predicted octanol–water partition coefficient (Wildman–Crippen LogP) is 0.405. The van der Waals surface area contributed by atoms with Gasteiger partial charge >= 0.3 is 0 Å². The summed E-state index contributed by atoms with van der Waals surface area (Å²) < 4.78 is 23.5. The Hall–Kier alpha value is -2.86. The fourth-order valence-corrected chi connectivity index (χ4v) is 5.99. The summed E-state index contributed by atoms with van der Waals surface area (Å²) >= 11 is 0. The molecular formula is C20H25N5O6S. The van der Waals surface area contributed by atoms with Gasteiger partial charge in [0.2, 0.25) is 5.91 Å². The molecule has 2 saturated heterocycles. The summed E-state index contributed by atoms with van der Waals surface area (Å²) in [6.07, 6.45) is 0.741. The molecule has 0 bridgehead atoms. The average Bonchev–Trinajstić information content (AvgIpc) is 3.14. The molecule has 11 nitrogen and oxygen atoms in total. The lowest BCUT2D eigenvalue weighted by Gasteiger charge is -2.36. The van der Waals surface area contributed by atoms with E-state index in [1.165, 1.54) is 11.1 Å². The molecule has 3 aliphatic rings. The number of nitro groups is 1. The van der Waals surface area contributed by atoms with Crippen LogP contribution in [0.5, 0.6) is 0 Å². The molecule has 3 heterocycles. The molecule has 0 saturated carbocycles. The Bertz CT molecular complexity index is 1060. The quantitative estimate of drug-likeness (QED) is 0.456. The molecule has 0 radical (unpaired) electrons. The number of sulfone groups is 1. The van der Waals surface area contributed by atoms with Gasteiger partial charge in [0, 0.05) is 57.7 Å². The molecule has 3 aliphatic heterocycles. The molecule has 32 heavy (non-hydrogen) atoms. The predicted molar refractivity (Wildman–Crippen MR) is 116 cm³/mol. The number of carbonyl (C=O) groups is 2. The van der Waals surface area contributed by atoms with Crippen LogP contribution in [0.25, 0.3) is 0 Å². The number of piperazine rings is 1. The lowest BCUT2D eigenvalue weighted by Crippen LogP contribution is -2.51. The van der Waals surface area contributed by atoms with Gasteiger partial charge < -0.3 is 4.90 Å². The van der Waals surface area contributed by atoms with Crippen molar-refractivity contribution in [3.63, 3.8) is 0 Å². The summed E-state index contributed by atoms with van der Waals surface area (Å²) in [5.41, 5.74) is 1.19. The number of nitro benzene ring substituents is 1. The highest BCUT2D eigenvalue weighted by Gasteiger charge is 2.38. The fourth-order valence-electron chi connectivity index (χ4n) is 4.30. The van der Waals surface area contributed by atoms with E-state index in [0.29, 0.717) is 44.9 Å². The highest BCUT2D eigenvalue weighted by atomic mass is 32.2. The van der Waals surface area contributed by atoms with Crippen LogP contribution in [0.15, 0.2) is 29.4 Å². The molecule has 2 fully saturated rings. The number of nitrogens with zero attached hydrogens (tertiary/aromatic N) is 5. The van der Waals surface area contributed by atoms with Crippen molar-refractivity contribution in [2.45, 2.75) is 31.8 Å². The number of non-ortho nitro benzene ring substituents is 1. The van der Waals surface area contributed by atoms with E-state index in [0.717, 1.165) is 5.56 Å². The standard InChI is InChI=1S/C20H25N5O6S/c26-19-5-4-18(21-24(19)17-6-11-32(30,31)14-17)20(27)23-9-7-22(8-10-23)13-15-2-1-3-16(12-15)25(28)29/h1-3,12,17H,4-11,13-14H2. The maximum absolute atomic E-state index is 13.0. The highest BCUT2D eigenvalue weighted by molar-refractivity contribution is 7.91. The van der Waals surface area contributed by atoms with Gasteiger partial charge in [0.05, 0.1) is 22.5 Å². The zero-order valence-corrected chi connectivity index (χ0v) is 18.4. The average molecular weight is 464 g/mol. The maximum atomic E-state index is 13.0. The molecule has 2 amide bonds. The minimum absolute atomic E-state index is 0.0345. The van der Waals surface area contributed by atoms with Crippen molar-refractivity contribution in [1.29, 1.82) is 0 Å². The Kier molecular flexibility index (Phi) is 6.24. The number of carbonyl (C=O) groups excluding carboxylic acids is 2. The summed E-state index contributed by atoms with van der Waals surface area (Å²) in [7, 11) is -3.17. The van der Waals surface area contributed by atoms with E-state index in [1.807, 2.05) is 6.07 Å². The first-order chi connectivity index (χ1) is 15.2. The third-order valence-corrected chi connectivity index (χ3v) is 7.80. The lowest BCUT2D eigenvalue weighted by molar-refractivity contribution is -0.384. The Morgan fingerprint density at radius 1 is 1.19 bits per heavy atom. The molecule has 0 aliphatic carbocycles. The van der Waals surface area contributed by atoms with Gasteiger partial charge in [-0.25, -0.2) is 13.4 Å². The second-order valence-corrected chi connectivity index (χ2v) is 10.6. The molecular weight excluding hydrogens is 438 g/mol. The number of amides is 2. The van der Waals surface area contributed by atoms with Gasteiger partial charge in [0.25, 0.3) is 11.6 Å². The van der Waals surface area contributed by atoms with Crippen molar-refractivity contribution in [2.24, 2.45) is 5.10 Å². The van der Waals surface area contributed by atoms with Crippen LogP contribution >= 0.6 is 0 Å². The van der Waals surface area contributed by atoms with E-state index in [9.17, 15) is 28.1 Å². The first-order valence-corrected chi connectivity index (χ1v) is 12.4. The first-order valence-electron chi connectivity index (χ1n) is 10.6. The number of hydrogen-bond donors (Lipinski definition) is 0. The van der Waals surface area contributed by atoms with Gasteiger partial charge in [0.15, 0.2) is 9.84 Å². The van der Waals surface area contributed by atoms with Gasteiger partial charge in [-0.05, 0) is 12.0 Å². The molecule has 0 N–H and O–H groups in total. The van der Waals surface area contributed by atoms with Crippen molar-refractivity contribution >= 4 is 33.1 Å². The largest absolute Gasteiger partial charge is 0.335 e. The van der Waals surface area contributed by atoms with Gasteiger partial charge in [-0.2, -0.15) is 5.10 Å². The molecule has 0 aromatic heterocycles. The van der Waals surface area contributed by atoms with Crippen molar-refractivity contribution in [3.05, 3.63) is 39.9 Å². The molecule has 0 spiro atoms. The normalized spacial score (nSPS) is 23.8. The Labute approximate surface area is 185 Å². The van der Waals surface area contributed by atoms with Crippen molar-refractivity contribution in [3.8, 4) is 0 Å². The van der Waals surface area contributed by atoms with Crippen LogP contribution in [-0.4, -0.2) is 89.4 Å². The molecule has 1 atom stereocenters. The van der Waals surface area contributed by atoms with Gasteiger partial charge in [-0.3, -0.25) is 24.6 Å². The van der Waals surface area contributed by atoms with E-state index in [2.05, 4.69) is 10.0 Å². The van der Waals surface area contributed by atoms with E-state index in [-0.39, 0.29) is 41.8 Å². The Morgan fingerprint density at radius 3 is 2.59 bits per heavy atom. The molecule has 1 aromatic carbocycles. The smallest absolute Gasteiger partial charge is 0.270 e. The minimum atomic E-state index is -3.17. The van der Waals surface area contributed by atoms with E-state index in [4.69, 9.17) is 0 Å². The van der Waals surface area contributed by atoms with Crippen molar-refractivity contribution in [2.75, 3.05) is 37.7 Å². The molecule has 4 rings (SSSR count). The second kappa shape index (κ2) is 8.94.